The molecule has 2 aromatic rings. The van der Waals surface area contributed by atoms with Gasteiger partial charge in [0.25, 0.3) is 5.91 Å². The summed E-state index contributed by atoms with van der Waals surface area (Å²) in [7, 11) is 1.65. The van der Waals surface area contributed by atoms with Crippen LogP contribution in [0.2, 0.25) is 0 Å². The first-order valence-electron chi connectivity index (χ1n) is 6.88. The number of amides is 1. The van der Waals surface area contributed by atoms with E-state index in [1.807, 2.05) is 0 Å². The van der Waals surface area contributed by atoms with Crippen LogP contribution in [-0.2, 0) is 0 Å². The number of halogens is 1. The van der Waals surface area contributed by atoms with E-state index in [1.165, 1.54) is 28.4 Å². The molecule has 0 aliphatic rings. The zero-order valence-corrected chi connectivity index (χ0v) is 13.9. The molecule has 0 saturated heterocycles. The fraction of sp³-hybridized carbons (Fsp3) is 0.375. The maximum atomic E-state index is 13.0. The first-order chi connectivity index (χ1) is 10.2. The number of hydrogen-bond acceptors (Lipinski definition) is 4. The van der Waals surface area contributed by atoms with Crippen molar-refractivity contribution >= 4 is 17.2 Å². The third kappa shape index (κ3) is 3.90. The summed E-state index contributed by atoms with van der Waals surface area (Å²) in [6.07, 6.45) is 0. The van der Waals surface area contributed by atoms with E-state index in [9.17, 15) is 14.3 Å². The number of rotatable bonds is 4. The number of aliphatic hydroxyl groups is 1. The van der Waals surface area contributed by atoms with Crippen molar-refractivity contribution in [1.29, 1.82) is 0 Å². The molecule has 0 unspecified atom stereocenters. The van der Waals surface area contributed by atoms with Gasteiger partial charge in [-0.3, -0.25) is 4.79 Å². The molecule has 0 aliphatic carbocycles. The fourth-order valence-corrected chi connectivity index (χ4v) is 3.20. The summed E-state index contributed by atoms with van der Waals surface area (Å²) in [4.78, 5) is 18.9. The smallest absolute Gasteiger partial charge is 0.265 e. The molecular formula is C16H19FN2O2S. The van der Waals surface area contributed by atoms with E-state index in [2.05, 4.69) is 4.98 Å². The van der Waals surface area contributed by atoms with Crippen LogP contribution < -0.4 is 0 Å². The van der Waals surface area contributed by atoms with Crippen LogP contribution in [0.4, 0.5) is 4.39 Å². The van der Waals surface area contributed by atoms with Crippen molar-refractivity contribution in [1.82, 2.24) is 9.88 Å². The number of nitrogens with zero attached hydrogens (tertiary/aromatic N) is 2. The Labute approximate surface area is 133 Å². The first-order valence-corrected chi connectivity index (χ1v) is 7.70. The van der Waals surface area contributed by atoms with Gasteiger partial charge in [-0.1, -0.05) is 0 Å². The third-order valence-corrected chi connectivity index (χ3v) is 4.25. The van der Waals surface area contributed by atoms with E-state index in [0.717, 1.165) is 5.56 Å². The summed E-state index contributed by atoms with van der Waals surface area (Å²) in [5.74, 6) is -0.483. The van der Waals surface area contributed by atoms with Crippen molar-refractivity contribution in [2.75, 3.05) is 13.6 Å². The summed E-state index contributed by atoms with van der Waals surface area (Å²) in [6, 6.07) is 6.02. The van der Waals surface area contributed by atoms with Crippen LogP contribution in [0, 0.1) is 12.7 Å². The second-order valence-corrected chi connectivity index (χ2v) is 6.91. The van der Waals surface area contributed by atoms with Crippen LogP contribution in [0.15, 0.2) is 24.3 Å². The Hall–Kier alpha value is -1.79. The molecule has 0 spiro atoms. The molecule has 4 nitrogen and oxygen atoms in total. The van der Waals surface area contributed by atoms with Crippen LogP contribution in [0.1, 0.15) is 29.2 Å². The summed E-state index contributed by atoms with van der Waals surface area (Å²) >= 11 is 1.27. The maximum Gasteiger partial charge on any atom is 0.265 e. The number of aromatic nitrogens is 1. The summed E-state index contributed by atoms with van der Waals surface area (Å²) in [6.45, 7) is 5.31. The highest BCUT2D eigenvalue weighted by Crippen LogP contribution is 2.29. The van der Waals surface area contributed by atoms with Gasteiger partial charge in [-0.25, -0.2) is 9.37 Å². The molecule has 0 radical (unpaired) electrons. The Morgan fingerprint density at radius 2 is 1.95 bits per heavy atom. The molecule has 0 aliphatic heterocycles. The molecule has 1 amide bonds. The Morgan fingerprint density at radius 3 is 2.50 bits per heavy atom. The van der Waals surface area contributed by atoms with E-state index >= 15 is 0 Å². The molecule has 118 valence electrons. The van der Waals surface area contributed by atoms with Gasteiger partial charge in [0.1, 0.15) is 15.7 Å². The van der Waals surface area contributed by atoms with Crippen molar-refractivity contribution in [3.8, 4) is 10.6 Å². The van der Waals surface area contributed by atoms with Crippen molar-refractivity contribution < 1.29 is 14.3 Å². The SMILES string of the molecule is Cc1nc(-c2ccc(F)cc2)sc1C(=O)N(C)CC(C)(C)O. The molecule has 6 heteroatoms. The third-order valence-electron chi connectivity index (χ3n) is 3.05. The number of likely N-dealkylation sites (N-methyl/N-ethyl adjacent to an activating group) is 1. The normalized spacial score (nSPS) is 11.5. The Morgan fingerprint density at radius 1 is 1.36 bits per heavy atom. The lowest BCUT2D eigenvalue weighted by atomic mass is 10.1. The number of hydrogen-bond donors (Lipinski definition) is 1. The van der Waals surface area contributed by atoms with Crippen LogP contribution in [0.5, 0.6) is 0 Å². The average molecular weight is 322 g/mol. The van der Waals surface area contributed by atoms with Gasteiger partial charge in [-0.05, 0) is 45.0 Å². The zero-order valence-electron chi connectivity index (χ0n) is 13.1. The fourth-order valence-electron chi connectivity index (χ4n) is 2.14. The van der Waals surface area contributed by atoms with Gasteiger partial charge >= 0.3 is 0 Å². The first kappa shape index (κ1) is 16.6. The lowest BCUT2D eigenvalue weighted by Crippen LogP contribution is -2.39. The summed E-state index contributed by atoms with van der Waals surface area (Å²) in [5.41, 5.74) is 0.457. The van der Waals surface area contributed by atoms with Gasteiger partial charge in [0.2, 0.25) is 0 Å². The highest BCUT2D eigenvalue weighted by Gasteiger charge is 2.24. The molecule has 22 heavy (non-hydrogen) atoms. The van der Waals surface area contributed by atoms with E-state index in [-0.39, 0.29) is 18.3 Å². The number of benzene rings is 1. The van der Waals surface area contributed by atoms with Crippen molar-refractivity contribution in [2.45, 2.75) is 26.4 Å². The number of carbonyl (C=O) groups is 1. The lowest BCUT2D eigenvalue weighted by Gasteiger charge is -2.25. The van der Waals surface area contributed by atoms with E-state index in [1.54, 1.807) is 40.0 Å². The number of carbonyl (C=O) groups excluding carboxylic acids is 1. The van der Waals surface area contributed by atoms with Crippen molar-refractivity contribution in [3.63, 3.8) is 0 Å². The van der Waals surface area contributed by atoms with Crippen LogP contribution in [0.25, 0.3) is 10.6 Å². The molecular weight excluding hydrogens is 303 g/mol. The quantitative estimate of drug-likeness (QED) is 0.941. The van der Waals surface area contributed by atoms with Crippen molar-refractivity contribution in [3.05, 3.63) is 40.7 Å². The van der Waals surface area contributed by atoms with Crippen LogP contribution in [0.3, 0.4) is 0 Å². The van der Waals surface area contributed by atoms with Gasteiger partial charge in [0, 0.05) is 19.2 Å². The monoisotopic (exact) mass is 322 g/mol. The second kappa shape index (κ2) is 6.14. The Bertz CT molecular complexity index is 674. The molecule has 2 rings (SSSR count). The topological polar surface area (TPSA) is 53.4 Å². The average Bonchev–Trinajstić information content (AvgIpc) is 2.78. The molecule has 0 fully saturated rings. The van der Waals surface area contributed by atoms with Crippen LogP contribution >= 0.6 is 11.3 Å². The minimum absolute atomic E-state index is 0.175. The highest BCUT2D eigenvalue weighted by atomic mass is 32.1. The van der Waals surface area contributed by atoms with Gasteiger partial charge in [-0.15, -0.1) is 11.3 Å². The summed E-state index contributed by atoms with van der Waals surface area (Å²) in [5, 5.41) is 10.5. The number of aryl methyl sites for hydroxylation is 1. The van der Waals surface area contributed by atoms with E-state index < -0.39 is 5.60 Å². The molecule has 1 aromatic carbocycles. The van der Waals surface area contributed by atoms with E-state index in [4.69, 9.17) is 0 Å². The highest BCUT2D eigenvalue weighted by molar-refractivity contribution is 7.17. The second-order valence-electron chi connectivity index (χ2n) is 5.91. The van der Waals surface area contributed by atoms with Gasteiger partial charge < -0.3 is 10.0 Å². The lowest BCUT2D eigenvalue weighted by molar-refractivity contribution is 0.0370. The van der Waals surface area contributed by atoms with Gasteiger partial charge in [-0.2, -0.15) is 0 Å². The predicted octanol–water partition coefficient (Wildman–Crippen LogP) is 3.10. The molecule has 1 heterocycles. The molecule has 0 saturated carbocycles. The molecule has 0 atom stereocenters. The van der Waals surface area contributed by atoms with Crippen LogP contribution in [-0.4, -0.2) is 40.1 Å². The van der Waals surface area contributed by atoms with Gasteiger partial charge in [0.15, 0.2) is 0 Å². The molecule has 1 aromatic heterocycles. The largest absolute Gasteiger partial charge is 0.389 e. The minimum Gasteiger partial charge on any atom is -0.389 e. The Kier molecular flexibility index (Phi) is 4.63. The number of thiazole rings is 1. The van der Waals surface area contributed by atoms with Crippen molar-refractivity contribution in [2.24, 2.45) is 0 Å². The Balaban J connectivity index is 2.26. The minimum atomic E-state index is -0.956. The zero-order chi connectivity index (χ0) is 16.5. The standard InChI is InChI=1S/C16H19FN2O2S/c1-10-13(15(20)19(4)9-16(2,3)21)22-14(18-10)11-5-7-12(17)8-6-11/h5-8,21H,9H2,1-4H3. The molecule has 0 bridgehead atoms. The summed E-state index contributed by atoms with van der Waals surface area (Å²) < 4.78 is 13.0. The predicted molar refractivity (Wildman–Crippen MR) is 85.5 cm³/mol. The molecule has 1 N–H and O–H groups in total. The van der Waals surface area contributed by atoms with Gasteiger partial charge in [0.05, 0.1) is 11.3 Å². The van der Waals surface area contributed by atoms with E-state index in [0.29, 0.717) is 15.6 Å². The maximum absolute atomic E-state index is 13.0.